The number of carbonyl (C=O) groups excluding carboxylic acids is 7. The highest BCUT2D eigenvalue weighted by Gasteiger charge is 2.31. The van der Waals surface area contributed by atoms with Gasteiger partial charge in [0.2, 0.25) is 11.8 Å². The third kappa shape index (κ3) is 16.8. The van der Waals surface area contributed by atoms with Crippen LogP contribution in [0.15, 0.2) is 46.3 Å². The van der Waals surface area contributed by atoms with Gasteiger partial charge in [-0.15, -0.1) is 45.3 Å². The van der Waals surface area contributed by atoms with Gasteiger partial charge in [0.15, 0.2) is 5.12 Å². The first-order chi connectivity index (χ1) is 32.6. The van der Waals surface area contributed by atoms with E-state index in [1.807, 2.05) is 0 Å². The van der Waals surface area contributed by atoms with Gasteiger partial charge in [-0.05, 0) is 30.8 Å². The van der Waals surface area contributed by atoms with E-state index >= 15 is 0 Å². The number of hydrogen-bond donors (Lipinski definition) is 4. The van der Waals surface area contributed by atoms with Gasteiger partial charge in [-0.2, -0.15) is 0 Å². The standard InChI is InChI=1S/C46H58N8O9S5/c1-7-9-10-11-12-16-38(57)64-17-14-13-15-29-19-35(56)48-21-37-50-33(25-66-37)44-51-30(22-67-44)41(58)53-39(26(3)4)45(60)62-28(8-2)18-34(55)47-20-36-49-32(24-65-36)43-52-31(23-68-43)42(59)54-40(27(5)6)46(61)63-29/h8,13,15,22-29,39-40H,2,7,9-12,14,16-21H2,1,3-6H3,(H,47,55)(H,48,56)(H,53,58)(H,54,59)/b15-13+/t28-,29-,39-,40-/m1/s1. The molecule has 0 aliphatic carbocycles. The number of nitrogens with one attached hydrogen (secondary N) is 4. The first-order valence-electron chi connectivity index (χ1n) is 22.4. The Morgan fingerprint density at radius 3 is 1.69 bits per heavy atom. The van der Waals surface area contributed by atoms with Crippen molar-refractivity contribution in [3.8, 4) is 21.4 Å². The van der Waals surface area contributed by atoms with Crippen molar-refractivity contribution < 1.29 is 43.0 Å². The van der Waals surface area contributed by atoms with Gasteiger partial charge in [0.1, 0.15) is 67.1 Å². The second-order valence-electron chi connectivity index (χ2n) is 16.5. The van der Waals surface area contributed by atoms with E-state index in [0.29, 0.717) is 50.0 Å². The van der Waals surface area contributed by atoms with E-state index in [9.17, 15) is 33.6 Å². The molecule has 0 saturated carbocycles. The zero-order valence-corrected chi connectivity index (χ0v) is 42.8. The van der Waals surface area contributed by atoms with Gasteiger partial charge in [0.05, 0.1) is 25.9 Å². The minimum absolute atomic E-state index is 0.0534. The van der Waals surface area contributed by atoms with Crippen molar-refractivity contribution in [2.45, 2.75) is 130 Å². The Morgan fingerprint density at radius 1 is 0.706 bits per heavy atom. The lowest BCUT2D eigenvalue weighted by molar-refractivity contribution is -0.152. The van der Waals surface area contributed by atoms with E-state index in [-0.39, 0.29) is 48.4 Å². The number of nitrogens with zero attached hydrogens (tertiary/aromatic N) is 4. The van der Waals surface area contributed by atoms with Crippen molar-refractivity contribution >= 4 is 97.8 Å². The normalized spacial score (nSPS) is 19.6. The Balaban J connectivity index is 1.34. The van der Waals surface area contributed by atoms with Crippen LogP contribution in [0.2, 0.25) is 0 Å². The van der Waals surface area contributed by atoms with Gasteiger partial charge in [0.25, 0.3) is 11.8 Å². The average molecular weight is 1030 g/mol. The number of allylic oxidation sites excluding steroid dienone is 1. The summed E-state index contributed by atoms with van der Waals surface area (Å²) in [6.07, 6.45) is 8.63. The molecular formula is C46H58N8O9S5. The monoisotopic (exact) mass is 1030 g/mol. The molecule has 5 rings (SSSR count). The van der Waals surface area contributed by atoms with Crippen molar-refractivity contribution in [3.05, 3.63) is 67.7 Å². The molecule has 0 unspecified atom stereocenters. The number of hydrogen-bond acceptors (Lipinski definition) is 18. The minimum Gasteiger partial charge on any atom is -0.456 e. The predicted octanol–water partition coefficient (Wildman–Crippen LogP) is 7.66. The molecule has 17 nitrogen and oxygen atoms in total. The Bertz CT molecular complexity index is 2410. The minimum atomic E-state index is -1.09. The number of fused-ring (bicyclic) bond motifs is 10. The largest absolute Gasteiger partial charge is 0.456 e. The van der Waals surface area contributed by atoms with Gasteiger partial charge in [-0.25, -0.2) is 29.5 Å². The van der Waals surface area contributed by atoms with Crippen LogP contribution in [0, 0.1) is 11.8 Å². The van der Waals surface area contributed by atoms with Crippen LogP contribution in [0.3, 0.4) is 0 Å². The molecule has 0 saturated heterocycles. The summed E-state index contributed by atoms with van der Waals surface area (Å²) < 4.78 is 11.5. The molecule has 0 radical (unpaired) electrons. The molecule has 68 heavy (non-hydrogen) atoms. The second-order valence-corrected chi connectivity index (χ2v) is 21.2. The summed E-state index contributed by atoms with van der Waals surface area (Å²) in [5.74, 6) is -3.81. The molecule has 4 aromatic heterocycles. The fourth-order valence-electron chi connectivity index (χ4n) is 6.46. The molecule has 0 aromatic carbocycles. The lowest BCUT2D eigenvalue weighted by Gasteiger charge is -2.23. The quantitative estimate of drug-likeness (QED) is 0.0572. The Hall–Kier alpha value is -5.16. The van der Waals surface area contributed by atoms with Gasteiger partial charge in [0, 0.05) is 33.7 Å². The summed E-state index contributed by atoms with van der Waals surface area (Å²) in [5.41, 5.74) is 1.09. The van der Waals surface area contributed by atoms with Gasteiger partial charge in [-0.1, -0.05) is 90.8 Å². The van der Waals surface area contributed by atoms with E-state index in [1.165, 1.54) is 63.2 Å². The maximum atomic E-state index is 13.8. The Labute approximate surface area is 416 Å². The number of ether oxygens (including phenoxy) is 2. The summed E-state index contributed by atoms with van der Waals surface area (Å²) in [4.78, 5) is 111. The summed E-state index contributed by atoms with van der Waals surface area (Å²) in [7, 11) is 0. The lowest BCUT2D eigenvalue weighted by atomic mass is 10.0. The number of carbonyl (C=O) groups is 7. The third-order valence-electron chi connectivity index (χ3n) is 10.3. The topological polar surface area (TPSA) is 238 Å². The highest BCUT2D eigenvalue weighted by atomic mass is 32.2. The van der Waals surface area contributed by atoms with Crippen LogP contribution in [-0.4, -0.2) is 90.7 Å². The predicted molar refractivity (Wildman–Crippen MR) is 266 cm³/mol. The summed E-state index contributed by atoms with van der Waals surface area (Å²) in [5, 5.41) is 19.8. The Morgan fingerprint density at radius 2 is 1.19 bits per heavy atom. The maximum Gasteiger partial charge on any atom is 0.329 e. The molecule has 8 bridgehead atoms. The highest BCUT2D eigenvalue weighted by Crippen LogP contribution is 2.27. The zero-order chi connectivity index (χ0) is 49.2. The molecule has 22 heteroatoms. The van der Waals surface area contributed by atoms with Crippen molar-refractivity contribution in [1.29, 1.82) is 0 Å². The van der Waals surface area contributed by atoms with E-state index < -0.39 is 65.8 Å². The average Bonchev–Trinajstić information content (AvgIpc) is 4.15. The fraction of sp³-hybridized carbons (Fsp3) is 0.500. The zero-order valence-electron chi connectivity index (χ0n) is 38.7. The molecule has 0 spiro atoms. The van der Waals surface area contributed by atoms with Crippen LogP contribution in [-0.2, 0) is 46.5 Å². The molecule has 1 aliphatic rings. The molecule has 5 heterocycles. The van der Waals surface area contributed by atoms with Crippen LogP contribution >= 0.6 is 57.1 Å². The van der Waals surface area contributed by atoms with Crippen molar-refractivity contribution in [1.82, 2.24) is 41.2 Å². The number of thioether (sulfide) groups is 1. The summed E-state index contributed by atoms with van der Waals surface area (Å²) in [6, 6.07) is -2.15. The number of thiazole rings is 4. The molecule has 0 fully saturated rings. The Kier molecular flexibility index (Phi) is 21.5. The third-order valence-corrected chi connectivity index (χ3v) is 14.7. The smallest absolute Gasteiger partial charge is 0.329 e. The fourth-order valence-corrected chi connectivity index (χ4v) is 10.3. The number of cyclic esters (lactones) is 2. The van der Waals surface area contributed by atoms with E-state index in [1.54, 1.807) is 61.4 Å². The van der Waals surface area contributed by atoms with E-state index in [2.05, 4.69) is 54.7 Å². The van der Waals surface area contributed by atoms with Crippen molar-refractivity contribution in [2.24, 2.45) is 11.8 Å². The summed E-state index contributed by atoms with van der Waals surface area (Å²) in [6.45, 7) is 13.0. The number of esters is 2. The summed E-state index contributed by atoms with van der Waals surface area (Å²) >= 11 is 6.17. The van der Waals surface area contributed by atoms with Crippen LogP contribution in [0.25, 0.3) is 21.4 Å². The van der Waals surface area contributed by atoms with Gasteiger partial charge >= 0.3 is 11.9 Å². The first-order valence-corrected chi connectivity index (χ1v) is 27.0. The van der Waals surface area contributed by atoms with Crippen LogP contribution in [0.4, 0.5) is 0 Å². The van der Waals surface area contributed by atoms with E-state index in [0.717, 1.165) is 32.1 Å². The van der Waals surface area contributed by atoms with Crippen LogP contribution < -0.4 is 21.3 Å². The van der Waals surface area contributed by atoms with Gasteiger partial charge < -0.3 is 30.7 Å². The number of amides is 4. The lowest BCUT2D eigenvalue weighted by Crippen LogP contribution is -2.46. The maximum absolute atomic E-state index is 13.8. The van der Waals surface area contributed by atoms with Crippen molar-refractivity contribution in [2.75, 3.05) is 5.75 Å². The molecular weight excluding hydrogens is 969 g/mol. The highest BCUT2D eigenvalue weighted by molar-refractivity contribution is 8.13. The molecule has 4 aromatic rings. The van der Waals surface area contributed by atoms with Crippen LogP contribution in [0.5, 0.6) is 0 Å². The molecule has 366 valence electrons. The SMILES string of the molecule is C=C[C@@H]1CC(=O)NCc2nc(cs2)-c2nc(cs2)C(=O)N[C@H](C(C)C)C(=O)O[C@H](/C=C/CCSC(=O)CCCCCCC)CC(=O)NCc2nc(cs2)-c2nc(cs2)C(=O)N[C@H](C(C)C)C(=O)O1. The molecule has 4 N–H and O–H groups in total. The van der Waals surface area contributed by atoms with E-state index in [4.69, 9.17) is 9.47 Å². The van der Waals surface area contributed by atoms with Gasteiger partial charge in [-0.3, -0.25) is 24.0 Å². The molecule has 4 atom stereocenters. The van der Waals surface area contributed by atoms with Crippen molar-refractivity contribution in [3.63, 3.8) is 0 Å². The van der Waals surface area contributed by atoms with Crippen LogP contribution in [0.1, 0.15) is 123 Å². The first kappa shape index (κ1) is 53.8. The molecule has 4 amide bonds. The molecule has 1 aliphatic heterocycles. The second kappa shape index (κ2) is 27.1. The number of unbranched alkanes of at least 4 members (excludes halogenated alkanes) is 4. The number of aromatic nitrogens is 4. The number of rotatable bonds is 13.